The van der Waals surface area contributed by atoms with Crippen molar-refractivity contribution in [2.24, 2.45) is 0 Å². The van der Waals surface area contributed by atoms with Gasteiger partial charge in [0, 0.05) is 24.7 Å². The Balaban J connectivity index is 0. The summed E-state index contributed by atoms with van der Waals surface area (Å²) in [6.07, 6.45) is 1.38. The summed E-state index contributed by atoms with van der Waals surface area (Å²) in [6, 6.07) is 0.327. The van der Waals surface area contributed by atoms with Gasteiger partial charge < -0.3 is 39.0 Å². The van der Waals surface area contributed by atoms with Gasteiger partial charge in [-0.15, -0.1) is 0 Å². The molecule has 0 saturated carbocycles. The molecule has 0 fully saturated rings. The number of hydrogen-bond donors (Lipinski definition) is 1. The van der Waals surface area contributed by atoms with Crippen molar-refractivity contribution in [3.05, 3.63) is 25.3 Å². The predicted molar refractivity (Wildman–Crippen MR) is 206 cm³/mol. The number of hydrogen-bond acceptors (Lipinski definition) is 11. The van der Waals surface area contributed by atoms with E-state index in [1.807, 2.05) is 52.4 Å². The molecule has 0 aliphatic rings. The molecule has 0 aromatic rings. The lowest BCUT2D eigenvalue weighted by Crippen LogP contribution is -2.59. The fraction of sp³-hybridized carbons (Fsp3) is 0.778. The van der Waals surface area contributed by atoms with Crippen molar-refractivity contribution in [2.75, 3.05) is 6.61 Å². The molecule has 0 rings (SSSR count). The number of aliphatic hydroxyl groups excluding tert-OH is 1. The fourth-order valence-corrected chi connectivity index (χ4v) is 38.6. The summed E-state index contributed by atoms with van der Waals surface area (Å²) in [5.74, 6) is -1.06. The lowest BCUT2D eigenvalue weighted by atomic mass is 10.4. The Labute approximate surface area is 289 Å². The van der Waals surface area contributed by atoms with Gasteiger partial charge in [0.05, 0.1) is 6.10 Å². The van der Waals surface area contributed by atoms with E-state index in [2.05, 4.69) is 72.1 Å². The second kappa shape index (κ2) is 18.2. The van der Waals surface area contributed by atoms with Crippen LogP contribution in [0, 0.1) is 0 Å². The van der Waals surface area contributed by atoms with Crippen LogP contribution in [0.25, 0.3) is 0 Å². The van der Waals surface area contributed by atoms with Crippen LogP contribution in [0.5, 0.6) is 0 Å². The number of ether oxygens (including phenoxy) is 1. The van der Waals surface area contributed by atoms with Gasteiger partial charge in [-0.25, -0.2) is 9.59 Å². The Kier molecular flexibility index (Phi) is 19.0. The molecule has 0 radical (unpaired) electrons. The van der Waals surface area contributed by atoms with Crippen molar-refractivity contribution < 1.29 is 48.5 Å². The molecule has 0 aromatic heterocycles. The van der Waals surface area contributed by atoms with Crippen molar-refractivity contribution in [2.45, 2.75) is 130 Å². The quantitative estimate of drug-likeness (QED) is 0.0806. The van der Waals surface area contributed by atoms with Crippen LogP contribution in [-0.4, -0.2) is 97.5 Å². The fourth-order valence-electron chi connectivity index (χ4n) is 4.80. The third-order valence-electron chi connectivity index (χ3n) is 4.65. The van der Waals surface area contributed by atoms with E-state index in [4.69, 9.17) is 33.9 Å². The molecule has 3 atom stereocenters. The van der Waals surface area contributed by atoms with Crippen LogP contribution in [-0.2, 0) is 43.4 Å². The smallest absolute Gasteiger partial charge is 0.471 e. The van der Waals surface area contributed by atoms with Crippen molar-refractivity contribution in [3.8, 4) is 0 Å². The van der Waals surface area contributed by atoms with Gasteiger partial charge in [0.2, 0.25) is 0 Å². The van der Waals surface area contributed by atoms with E-state index >= 15 is 0 Å². The van der Waals surface area contributed by atoms with E-state index < -0.39 is 85.8 Å². The molecule has 1 N–H and O–H groups in total. The summed E-state index contributed by atoms with van der Waals surface area (Å²) in [7, 11) is -18.0. The van der Waals surface area contributed by atoms with Gasteiger partial charge >= 0.3 is 46.4 Å². The van der Waals surface area contributed by atoms with E-state index in [1.54, 1.807) is 6.55 Å². The first kappa shape index (κ1) is 48.0. The van der Waals surface area contributed by atoms with Gasteiger partial charge in [-0.05, 0) is 111 Å². The summed E-state index contributed by atoms with van der Waals surface area (Å²) in [4.78, 5) is 22.8. The van der Waals surface area contributed by atoms with Crippen molar-refractivity contribution in [1.82, 2.24) is 0 Å². The molecule has 19 heteroatoms. The second-order valence-electron chi connectivity index (χ2n) is 16.2. The third-order valence-corrected chi connectivity index (χ3v) is 30.5. The first-order valence-electron chi connectivity index (χ1n) is 15.6. The Morgan fingerprint density at radius 1 is 0.565 bits per heavy atom. The molecule has 0 aliphatic heterocycles. The van der Waals surface area contributed by atoms with Crippen LogP contribution in [0.15, 0.2) is 25.3 Å². The zero-order valence-electron chi connectivity index (χ0n) is 32.1. The molecule has 0 spiro atoms. The second-order valence-corrected chi connectivity index (χ2v) is 48.2. The molecule has 0 heterocycles. The van der Waals surface area contributed by atoms with Crippen molar-refractivity contribution in [1.29, 1.82) is 0 Å². The van der Waals surface area contributed by atoms with Gasteiger partial charge in [-0.3, -0.25) is 0 Å². The highest BCUT2D eigenvalue weighted by Crippen LogP contribution is 2.28. The van der Waals surface area contributed by atoms with Crippen LogP contribution in [0.2, 0.25) is 124 Å². The Morgan fingerprint density at radius 2 is 0.935 bits per heavy atom. The van der Waals surface area contributed by atoms with Crippen LogP contribution in [0.3, 0.4) is 0 Å². The maximum atomic E-state index is 11.6. The lowest BCUT2D eigenvalue weighted by molar-refractivity contribution is -0.140. The Hall–Kier alpha value is -0.125. The summed E-state index contributed by atoms with van der Waals surface area (Å²) in [5, 5.41) is 10.3. The van der Waals surface area contributed by atoms with Gasteiger partial charge in [-0.2, -0.15) is 0 Å². The maximum absolute atomic E-state index is 11.6. The predicted octanol–water partition coefficient (Wildman–Crippen LogP) is 7.28. The van der Waals surface area contributed by atoms with E-state index in [0.717, 1.165) is 12.2 Å². The first-order valence-corrected chi connectivity index (χ1v) is 39.6. The molecule has 46 heavy (non-hydrogen) atoms. The van der Waals surface area contributed by atoms with Crippen LogP contribution in [0.1, 0.15) is 0 Å². The molecule has 0 amide bonds. The number of carbonyl (C=O) groups excluding carboxylic acids is 2. The van der Waals surface area contributed by atoms with Gasteiger partial charge in [-0.1, -0.05) is 13.2 Å². The Bertz CT molecular complexity index is 1000. The Morgan fingerprint density at radius 3 is 1.28 bits per heavy atom. The van der Waals surface area contributed by atoms with Crippen LogP contribution < -0.4 is 0 Å². The van der Waals surface area contributed by atoms with E-state index in [-0.39, 0.29) is 6.61 Å². The molecular formula is C27H66O11Si8. The molecule has 0 saturated heterocycles. The topological polar surface area (TPSA) is 128 Å². The van der Waals surface area contributed by atoms with Crippen molar-refractivity contribution in [3.63, 3.8) is 0 Å². The molecule has 3 unspecified atom stereocenters. The standard InChI is InChI=1S/C15H36O6Si4.C12H30O5Si4/c1-11-15(17)18-12-14(16)13-25(10,20-23(5,6)7)21-24(8,9)19-22(2,3)4;1-11-12(13)14-21(10,16-19(5,6)7)17-20(8,9)15-18(2,3)4/h11,14,16H,1,12-13H2,2-10H3;11H,1H2,2-10H3. The minimum atomic E-state index is -3.10. The summed E-state index contributed by atoms with van der Waals surface area (Å²) in [5.41, 5.74) is 0. The largest absolute Gasteiger partial charge is 0.545 e. The van der Waals surface area contributed by atoms with Gasteiger partial charge in [0.1, 0.15) is 6.61 Å². The highest BCUT2D eigenvalue weighted by Gasteiger charge is 2.49. The highest BCUT2D eigenvalue weighted by molar-refractivity contribution is 6.90. The number of carbonyl (C=O) groups is 2. The average molecular weight is 792 g/mol. The van der Waals surface area contributed by atoms with E-state index in [1.165, 1.54) is 0 Å². The summed E-state index contributed by atoms with van der Waals surface area (Å²) < 4.78 is 47.9. The summed E-state index contributed by atoms with van der Waals surface area (Å²) >= 11 is 0. The average Bonchev–Trinajstić information content (AvgIpc) is 2.69. The van der Waals surface area contributed by atoms with E-state index in [9.17, 15) is 14.7 Å². The molecule has 0 aliphatic carbocycles. The van der Waals surface area contributed by atoms with E-state index in [0.29, 0.717) is 6.04 Å². The minimum absolute atomic E-state index is 0.0945. The molecule has 272 valence electrons. The molecular weight excluding hydrogens is 725 g/mol. The third kappa shape index (κ3) is 26.8. The number of esters is 1. The summed E-state index contributed by atoms with van der Waals surface area (Å²) in [6.45, 7) is 43.5. The SMILES string of the molecule is C=CC(=O)OCC(O)C[Si](C)(O[Si](C)(C)C)O[Si](C)(C)O[Si](C)(C)C.C=CC(=O)O[Si](C)(O[Si](C)(C)C)O[Si](C)(C)O[Si](C)(C)C. The van der Waals surface area contributed by atoms with Crippen LogP contribution >= 0.6 is 0 Å². The van der Waals surface area contributed by atoms with Gasteiger partial charge in [0.15, 0.2) is 33.3 Å². The normalized spacial score (nSPS) is 16.6. The maximum Gasteiger partial charge on any atom is 0.545 e. The highest BCUT2D eigenvalue weighted by atomic mass is 28.5. The molecule has 11 nitrogen and oxygen atoms in total. The zero-order chi connectivity index (χ0) is 37.2. The van der Waals surface area contributed by atoms with Gasteiger partial charge in [0.25, 0.3) is 0 Å². The van der Waals surface area contributed by atoms with Crippen LogP contribution in [0.4, 0.5) is 0 Å². The zero-order valence-corrected chi connectivity index (χ0v) is 40.1. The number of rotatable bonds is 19. The lowest BCUT2D eigenvalue weighted by Gasteiger charge is -2.41. The number of aliphatic hydroxyl groups is 1. The molecule has 0 bridgehead atoms. The monoisotopic (exact) mass is 790 g/mol. The molecule has 0 aromatic carbocycles. The minimum Gasteiger partial charge on any atom is -0.471 e. The first-order chi connectivity index (χ1) is 20.0. The van der Waals surface area contributed by atoms with Crippen molar-refractivity contribution >= 4 is 79.7 Å².